The van der Waals surface area contributed by atoms with Crippen LogP contribution in [0.25, 0.3) is 10.2 Å². The number of nitrogens with one attached hydrogen (secondary N) is 1. The number of fused-ring (bicyclic) bond motifs is 1. The summed E-state index contributed by atoms with van der Waals surface area (Å²) in [6.45, 7) is 5.15. The second-order valence-electron chi connectivity index (χ2n) is 8.87. The summed E-state index contributed by atoms with van der Waals surface area (Å²) in [6, 6.07) is 0. The van der Waals surface area contributed by atoms with E-state index >= 15 is 0 Å². The first-order chi connectivity index (χ1) is 15.6. The Labute approximate surface area is 192 Å². The smallest absolute Gasteiger partial charge is 0.362 e. The highest BCUT2D eigenvalue weighted by Crippen LogP contribution is 2.38. The molecular formula is C21H28F3N5O3S. The maximum Gasteiger partial charge on any atom is 0.390 e. The molecule has 2 aromatic heterocycles. The maximum atomic E-state index is 13.5. The molecule has 2 fully saturated rings. The number of nitrogens with zero attached hydrogens (tertiary/aromatic N) is 4. The third-order valence-electron chi connectivity index (χ3n) is 6.54. The standard InChI is InChI=1S/C21H28F3N5O3S/c1-13-14(11-27-10-8-25-18(27)26-12-32-3)33-17-15(13)16(30)29(20(2)5-4-6-20)19(31)28(17)9-7-21(22,23)24/h4-12H2,1-3H3,(H,25,26). The van der Waals surface area contributed by atoms with Gasteiger partial charge in [-0.15, -0.1) is 11.3 Å². The minimum atomic E-state index is -4.41. The van der Waals surface area contributed by atoms with E-state index in [2.05, 4.69) is 10.3 Å². The Morgan fingerprint density at radius 1 is 1.27 bits per heavy atom. The molecule has 1 saturated heterocycles. The number of rotatable bonds is 7. The number of guanidine groups is 1. The summed E-state index contributed by atoms with van der Waals surface area (Å²) in [5, 5.41) is 3.52. The van der Waals surface area contributed by atoms with Gasteiger partial charge in [-0.3, -0.25) is 13.9 Å². The van der Waals surface area contributed by atoms with Gasteiger partial charge >= 0.3 is 11.9 Å². The minimum absolute atomic E-state index is 0.199. The third kappa shape index (κ3) is 4.42. The van der Waals surface area contributed by atoms with Gasteiger partial charge in [-0.25, -0.2) is 9.79 Å². The van der Waals surface area contributed by atoms with Gasteiger partial charge in [-0.05, 0) is 38.7 Å². The number of aromatic nitrogens is 2. The van der Waals surface area contributed by atoms with E-state index in [0.717, 1.165) is 15.9 Å². The van der Waals surface area contributed by atoms with Crippen LogP contribution >= 0.6 is 11.3 Å². The number of methoxy groups -OCH3 is 1. The molecule has 3 heterocycles. The number of alkyl halides is 3. The van der Waals surface area contributed by atoms with Crippen LogP contribution in [0.15, 0.2) is 14.6 Å². The van der Waals surface area contributed by atoms with Crippen molar-refractivity contribution in [2.75, 3.05) is 26.9 Å². The molecule has 1 aliphatic heterocycles. The lowest BCUT2D eigenvalue weighted by Gasteiger charge is -2.39. The van der Waals surface area contributed by atoms with E-state index in [9.17, 15) is 22.8 Å². The summed E-state index contributed by atoms with van der Waals surface area (Å²) in [5.74, 6) is 0.669. The highest BCUT2D eigenvalue weighted by atomic mass is 32.1. The summed E-state index contributed by atoms with van der Waals surface area (Å²) in [7, 11) is 1.55. The molecule has 0 spiro atoms. The van der Waals surface area contributed by atoms with E-state index < -0.39 is 35.9 Å². The fourth-order valence-electron chi connectivity index (χ4n) is 4.50. The molecule has 1 aliphatic carbocycles. The lowest BCUT2D eigenvalue weighted by Crippen LogP contribution is -2.53. The fourth-order valence-corrected chi connectivity index (χ4v) is 5.83. The molecular weight excluding hydrogens is 459 g/mol. The van der Waals surface area contributed by atoms with E-state index in [0.29, 0.717) is 54.2 Å². The van der Waals surface area contributed by atoms with Crippen molar-refractivity contribution in [3.05, 3.63) is 31.3 Å². The summed E-state index contributed by atoms with van der Waals surface area (Å²) < 4.78 is 46.5. The zero-order chi connectivity index (χ0) is 24.0. The molecule has 33 heavy (non-hydrogen) atoms. The average Bonchev–Trinajstić information content (AvgIpc) is 3.28. The number of aryl methyl sites for hydroxylation is 2. The van der Waals surface area contributed by atoms with Crippen LogP contribution in [0.3, 0.4) is 0 Å². The van der Waals surface area contributed by atoms with Crippen LogP contribution < -0.4 is 16.6 Å². The molecule has 0 unspecified atom stereocenters. The number of hydrogen-bond acceptors (Lipinski definition) is 5. The molecule has 2 aromatic rings. The van der Waals surface area contributed by atoms with Gasteiger partial charge in [-0.2, -0.15) is 13.2 Å². The number of thiophene rings is 1. The van der Waals surface area contributed by atoms with Crippen molar-refractivity contribution in [1.82, 2.24) is 19.4 Å². The van der Waals surface area contributed by atoms with Crippen molar-refractivity contribution >= 4 is 27.5 Å². The van der Waals surface area contributed by atoms with Gasteiger partial charge in [-0.1, -0.05) is 0 Å². The predicted octanol–water partition coefficient (Wildman–Crippen LogP) is 2.75. The highest BCUT2D eigenvalue weighted by molar-refractivity contribution is 7.18. The van der Waals surface area contributed by atoms with Crippen LogP contribution in [0.1, 0.15) is 43.0 Å². The van der Waals surface area contributed by atoms with Crippen molar-refractivity contribution in [1.29, 1.82) is 0 Å². The molecule has 0 bridgehead atoms. The normalized spacial score (nSPS) is 19.3. The van der Waals surface area contributed by atoms with E-state index in [4.69, 9.17) is 4.74 Å². The summed E-state index contributed by atoms with van der Waals surface area (Å²) in [6.07, 6.45) is -3.35. The lowest BCUT2D eigenvalue weighted by molar-refractivity contribution is -0.136. The number of ether oxygens (including phenoxy) is 1. The minimum Gasteiger partial charge on any atom is -0.362 e. The Bertz CT molecular complexity index is 1190. The topological polar surface area (TPSA) is 80.9 Å². The number of hydrogen-bond donors (Lipinski definition) is 1. The fraction of sp³-hybridized carbons (Fsp3) is 0.667. The average molecular weight is 488 g/mol. The van der Waals surface area contributed by atoms with Crippen molar-refractivity contribution < 1.29 is 17.9 Å². The molecule has 8 nitrogen and oxygen atoms in total. The van der Waals surface area contributed by atoms with Crippen molar-refractivity contribution in [2.24, 2.45) is 4.99 Å². The maximum absolute atomic E-state index is 13.5. The monoisotopic (exact) mass is 487 g/mol. The Hall–Kier alpha value is -2.34. The Kier molecular flexibility index (Phi) is 6.34. The van der Waals surface area contributed by atoms with E-state index in [1.54, 1.807) is 14.0 Å². The lowest BCUT2D eigenvalue weighted by atomic mass is 9.78. The summed E-state index contributed by atoms with van der Waals surface area (Å²) in [4.78, 5) is 34.3. The predicted molar refractivity (Wildman–Crippen MR) is 121 cm³/mol. The van der Waals surface area contributed by atoms with Gasteiger partial charge in [0.05, 0.1) is 18.4 Å². The first-order valence-electron chi connectivity index (χ1n) is 10.9. The van der Waals surface area contributed by atoms with Crippen LogP contribution in [0.4, 0.5) is 13.2 Å². The largest absolute Gasteiger partial charge is 0.390 e. The van der Waals surface area contributed by atoms with Gasteiger partial charge in [0, 0.05) is 37.2 Å². The van der Waals surface area contributed by atoms with Gasteiger partial charge in [0.25, 0.3) is 5.56 Å². The molecule has 2 aliphatic rings. The van der Waals surface area contributed by atoms with Crippen molar-refractivity contribution in [3.8, 4) is 0 Å². The number of aliphatic imine (C=N–C) groups is 1. The quantitative estimate of drug-likeness (QED) is 0.650. The second-order valence-corrected chi connectivity index (χ2v) is 9.95. The Morgan fingerprint density at radius 3 is 2.61 bits per heavy atom. The van der Waals surface area contributed by atoms with Crippen LogP contribution in [0.2, 0.25) is 0 Å². The molecule has 12 heteroatoms. The SMILES string of the molecule is COC/N=C1\NCCN1Cc1sc2c(c1C)c(=O)n(C1(C)CCC1)c(=O)n2CCC(F)(F)F. The molecule has 0 aromatic carbocycles. The molecule has 1 N–H and O–H groups in total. The van der Waals surface area contributed by atoms with Crippen LogP contribution in [0.5, 0.6) is 0 Å². The van der Waals surface area contributed by atoms with Crippen LogP contribution in [-0.2, 0) is 23.4 Å². The van der Waals surface area contributed by atoms with E-state index in [-0.39, 0.29) is 6.73 Å². The zero-order valence-corrected chi connectivity index (χ0v) is 19.7. The highest BCUT2D eigenvalue weighted by Gasteiger charge is 2.38. The number of halogens is 3. The summed E-state index contributed by atoms with van der Waals surface area (Å²) >= 11 is 1.21. The van der Waals surface area contributed by atoms with E-state index in [1.807, 2.05) is 11.8 Å². The first-order valence-corrected chi connectivity index (χ1v) is 11.7. The van der Waals surface area contributed by atoms with Crippen molar-refractivity contribution in [2.45, 2.75) is 64.3 Å². The summed E-state index contributed by atoms with van der Waals surface area (Å²) in [5.41, 5.74) is -1.02. The first kappa shape index (κ1) is 23.8. The van der Waals surface area contributed by atoms with Crippen LogP contribution in [0, 0.1) is 6.92 Å². The van der Waals surface area contributed by atoms with Crippen LogP contribution in [-0.4, -0.2) is 53.1 Å². The molecule has 0 atom stereocenters. The molecule has 1 saturated carbocycles. The second kappa shape index (κ2) is 8.79. The third-order valence-corrected chi connectivity index (χ3v) is 7.84. The Balaban J connectivity index is 1.83. The van der Waals surface area contributed by atoms with E-state index in [1.165, 1.54) is 15.9 Å². The Morgan fingerprint density at radius 2 is 2.00 bits per heavy atom. The molecule has 0 amide bonds. The van der Waals surface area contributed by atoms with Gasteiger partial charge < -0.3 is 15.0 Å². The molecule has 4 rings (SSSR count). The van der Waals surface area contributed by atoms with Gasteiger partial charge in [0.2, 0.25) is 0 Å². The van der Waals surface area contributed by atoms with Gasteiger partial charge in [0.1, 0.15) is 11.6 Å². The zero-order valence-electron chi connectivity index (χ0n) is 18.9. The molecule has 0 radical (unpaired) electrons. The van der Waals surface area contributed by atoms with Gasteiger partial charge in [0.15, 0.2) is 5.96 Å². The van der Waals surface area contributed by atoms with Crippen molar-refractivity contribution in [3.63, 3.8) is 0 Å². The molecule has 182 valence electrons.